The second-order valence-corrected chi connectivity index (χ2v) is 10.7. The number of hydroxylamine groups is 1. The molecule has 1 aliphatic heterocycles. The SMILES string of the molecule is Cc1cc(COc2ccc(NC(=O)C3CCN(c4ccc([N+](=O)[O-])cn4)C[C@@H]3C(=O)NOC(=O)C(F)(F)F)cc2)c2ccccc2n1. The average molecular weight is 653 g/mol. The Labute approximate surface area is 264 Å². The summed E-state index contributed by atoms with van der Waals surface area (Å²) in [5.41, 5.74) is 4.26. The van der Waals surface area contributed by atoms with Crippen molar-refractivity contribution in [3.8, 4) is 5.75 Å². The lowest BCUT2D eigenvalue weighted by Gasteiger charge is -2.37. The van der Waals surface area contributed by atoms with Crippen LogP contribution in [0.5, 0.6) is 5.75 Å². The van der Waals surface area contributed by atoms with Crippen molar-refractivity contribution in [3.05, 3.63) is 94.3 Å². The van der Waals surface area contributed by atoms with Gasteiger partial charge in [0.05, 0.1) is 22.3 Å². The number of aromatic nitrogens is 2. The normalized spacial score (nSPS) is 16.3. The molecular weight excluding hydrogens is 625 g/mol. The number of rotatable bonds is 8. The van der Waals surface area contributed by atoms with E-state index >= 15 is 0 Å². The minimum Gasteiger partial charge on any atom is -0.489 e. The molecule has 0 aliphatic carbocycles. The molecule has 5 rings (SSSR count). The highest BCUT2D eigenvalue weighted by atomic mass is 19.4. The quantitative estimate of drug-likeness (QED) is 0.202. The monoisotopic (exact) mass is 652 g/mol. The number of aryl methyl sites for hydroxylation is 1. The Morgan fingerprint density at radius 1 is 1.04 bits per heavy atom. The number of fused-ring (bicyclic) bond motifs is 1. The zero-order valence-corrected chi connectivity index (χ0v) is 24.7. The number of alkyl halides is 3. The van der Waals surface area contributed by atoms with E-state index in [0.717, 1.165) is 28.4 Å². The number of hydrogen-bond acceptors (Lipinski definition) is 10. The molecule has 1 saturated heterocycles. The van der Waals surface area contributed by atoms with Crippen LogP contribution in [-0.4, -0.2) is 51.9 Å². The summed E-state index contributed by atoms with van der Waals surface area (Å²) < 4.78 is 43.9. The molecule has 0 bridgehead atoms. The molecule has 1 unspecified atom stereocenters. The van der Waals surface area contributed by atoms with E-state index < -0.39 is 40.7 Å². The Morgan fingerprint density at radius 3 is 2.47 bits per heavy atom. The Balaban J connectivity index is 1.26. The van der Waals surface area contributed by atoms with Gasteiger partial charge in [-0.05, 0) is 55.8 Å². The molecule has 2 N–H and O–H groups in total. The number of benzene rings is 2. The number of nitrogens with one attached hydrogen (secondary N) is 2. The minimum absolute atomic E-state index is 0.0519. The standard InChI is InChI=1S/C31H27F3N6O7/c1-18-14-19(23-4-2-3-5-26(23)36-18)17-46-22-9-6-20(7-10-22)37-28(41)24-12-13-39(27-11-8-21(15-35-27)40(44)45)16-25(24)29(42)38-47-30(43)31(32,33)34/h2-11,14-15,24-25H,12-13,16-17H2,1H3,(H,37,41)(H,38,42)/t24?,25-/m0/s1. The molecule has 0 saturated carbocycles. The van der Waals surface area contributed by atoms with Crippen molar-refractivity contribution in [1.82, 2.24) is 15.4 Å². The van der Waals surface area contributed by atoms with Crippen molar-refractivity contribution in [2.24, 2.45) is 11.8 Å². The number of piperidine rings is 1. The van der Waals surface area contributed by atoms with Crippen LogP contribution in [0.4, 0.5) is 30.4 Å². The fourth-order valence-corrected chi connectivity index (χ4v) is 5.19. The fraction of sp³-hybridized carbons (Fsp3) is 0.258. The number of carbonyl (C=O) groups excluding carboxylic acids is 3. The van der Waals surface area contributed by atoms with Gasteiger partial charge < -0.3 is 19.8 Å². The summed E-state index contributed by atoms with van der Waals surface area (Å²) in [4.78, 5) is 61.9. The van der Waals surface area contributed by atoms with E-state index in [0.29, 0.717) is 11.4 Å². The Morgan fingerprint density at radius 2 is 1.79 bits per heavy atom. The highest BCUT2D eigenvalue weighted by Crippen LogP contribution is 2.30. The molecule has 2 atom stereocenters. The van der Waals surface area contributed by atoms with Crippen LogP contribution < -0.4 is 20.4 Å². The number of amides is 2. The molecule has 2 aromatic heterocycles. The van der Waals surface area contributed by atoms with E-state index in [9.17, 15) is 37.7 Å². The highest BCUT2D eigenvalue weighted by molar-refractivity contribution is 5.96. The molecule has 2 amide bonds. The Bertz CT molecular complexity index is 1800. The lowest BCUT2D eigenvalue weighted by Crippen LogP contribution is -2.51. The number of hydrogen-bond donors (Lipinski definition) is 2. The summed E-state index contributed by atoms with van der Waals surface area (Å²) in [7, 11) is 0. The highest BCUT2D eigenvalue weighted by Gasteiger charge is 2.44. The minimum atomic E-state index is -5.35. The van der Waals surface area contributed by atoms with Crippen LogP contribution in [0.2, 0.25) is 0 Å². The van der Waals surface area contributed by atoms with Gasteiger partial charge in [0, 0.05) is 41.5 Å². The second kappa shape index (κ2) is 13.7. The summed E-state index contributed by atoms with van der Waals surface area (Å²) in [6.07, 6.45) is -4.29. The molecule has 1 aliphatic rings. The molecule has 0 spiro atoms. The summed E-state index contributed by atoms with van der Waals surface area (Å²) in [5.74, 6) is -5.95. The van der Waals surface area contributed by atoms with Crippen LogP contribution in [0.3, 0.4) is 0 Å². The van der Waals surface area contributed by atoms with Crippen LogP contribution in [0, 0.1) is 28.9 Å². The lowest BCUT2D eigenvalue weighted by molar-refractivity contribution is -0.385. The molecule has 244 valence electrons. The van der Waals surface area contributed by atoms with E-state index in [1.165, 1.54) is 17.6 Å². The maximum absolute atomic E-state index is 13.4. The van der Waals surface area contributed by atoms with Crippen LogP contribution >= 0.6 is 0 Å². The van der Waals surface area contributed by atoms with Gasteiger partial charge in [0.15, 0.2) is 0 Å². The van der Waals surface area contributed by atoms with Crippen LogP contribution in [0.25, 0.3) is 10.9 Å². The number of carbonyl (C=O) groups is 3. The van der Waals surface area contributed by atoms with Crippen molar-refractivity contribution >= 4 is 45.9 Å². The van der Waals surface area contributed by atoms with E-state index in [2.05, 4.69) is 20.1 Å². The first-order valence-electron chi connectivity index (χ1n) is 14.2. The van der Waals surface area contributed by atoms with Gasteiger partial charge >= 0.3 is 12.1 Å². The van der Waals surface area contributed by atoms with Crippen molar-refractivity contribution in [1.29, 1.82) is 0 Å². The van der Waals surface area contributed by atoms with Crippen molar-refractivity contribution in [2.45, 2.75) is 26.1 Å². The Kier molecular flexibility index (Phi) is 9.48. The predicted molar refractivity (Wildman–Crippen MR) is 161 cm³/mol. The van der Waals surface area contributed by atoms with Gasteiger partial charge in [-0.1, -0.05) is 18.2 Å². The molecule has 4 aromatic rings. The number of nitro groups is 1. The van der Waals surface area contributed by atoms with Crippen LogP contribution in [-0.2, 0) is 25.8 Å². The van der Waals surface area contributed by atoms with Crippen molar-refractivity contribution < 1.29 is 42.1 Å². The third-order valence-electron chi connectivity index (χ3n) is 7.48. The Hall–Kier alpha value is -5.80. The average Bonchev–Trinajstić information content (AvgIpc) is 3.05. The smallest absolute Gasteiger partial charge is 0.489 e. The van der Waals surface area contributed by atoms with Gasteiger partial charge in [-0.3, -0.25) is 24.7 Å². The van der Waals surface area contributed by atoms with Crippen molar-refractivity contribution in [3.63, 3.8) is 0 Å². The topological polar surface area (TPSA) is 166 Å². The number of pyridine rings is 2. The van der Waals surface area contributed by atoms with Gasteiger partial charge in [0.1, 0.15) is 24.4 Å². The van der Waals surface area contributed by atoms with Crippen LogP contribution in [0.15, 0.2) is 72.9 Å². The number of ether oxygens (including phenoxy) is 1. The first-order chi connectivity index (χ1) is 22.4. The van der Waals surface area contributed by atoms with Gasteiger partial charge in [0.2, 0.25) is 5.91 Å². The zero-order chi connectivity index (χ0) is 33.7. The van der Waals surface area contributed by atoms with Gasteiger partial charge in [-0.25, -0.2) is 9.78 Å². The fourth-order valence-electron chi connectivity index (χ4n) is 5.19. The van der Waals surface area contributed by atoms with E-state index in [-0.39, 0.29) is 37.6 Å². The van der Waals surface area contributed by atoms with E-state index in [1.54, 1.807) is 29.2 Å². The summed E-state index contributed by atoms with van der Waals surface area (Å²) >= 11 is 0. The number of halogens is 3. The molecule has 0 radical (unpaired) electrons. The molecule has 16 heteroatoms. The zero-order valence-electron chi connectivity index (χ0n) is 24.7. The molecule has 13 nitrogen and oxygen atoms in total. The largest absolute Gasteiger partial charge is 0.493 e. The first kappa shape index (κ1) is 32.6. The van der Waals surface area contributed by atoms with E-state index in [1.807, 2.05) is 37.3 Å². The summed E-state index contributed by atoms with van der Waals surface area (Å²) in [6, 6.07) is 18.7. The summed E-state index contributed by atoms with van der Waals surface area (Å²) in [5, 5.41) is 14.7. The predicted octanol–water partition coefficient (Wildman–Crippen LogP) is 4.64. The number of nitrogens with zero attached hydrogens (tertiary/aromatic N) is 4. The number of anilines is 2. The molecule has 1 fully saturated rings. The van der Waals surface area contributed by atoms with Gasteiger partial charge in [-0.2, -0.15) is 18.7 Å². The van der Waals surface area contributed by atoms with Crippen LogP contribution in [0.1, 0.15) is 17.7 Å². The first-order valence-corrected chi connectivity index (χ1v) is 14.2. The maximum Gasteiger partial charge on any atom is 0.493 e. The third-order valence-corrected chi connectivity index (χ3v) is 7.48. The van der Waals surface area contributed by atoms with Gasteiger partial charge in [0.25, 0.3) is 11.6 Å². The van der Waals surface area contributed by atoms with Gasteiger partial charge in [-0.15, -0.1) is 0 Å². The second-order valence-electron chi connectivity index (χ2n) is 10.7. The molecular formula is C31H27F3N6O7. The molecule has 47 heavy (non-hydrogen) atoms. The molecule has 3 heterocycles. The maximum atomic E-state index is 13.4. The van der Waals surface area contributed by atoms with E-state index in [4.69, 9.17) is 4.74 Å². The summed E-state index contributed by atoms with van der Waals surface area (Å²) in [6.45, 7) is 2.14. The van der Waals surface area contributed by atoms with Crippen molar-refractivity contribution in [2.75, 3.05) is 23.3 Å². The number of para-hydroxylation sites is 1. The third kappa shape index (κ3) is 7.89. The molecule has 2 aromatic carbocycles. The lowest BCUT2D eigenvalue weighted by atomic mass is 9.84.